The van der Waals surface area contributed by atoms with Crippen LogP contribution < -0.4 is 5.32 Å². The Bertz CT molecular complexity index is 621. The van der Waals surface area contributed by atoms with E-state index in [1.807, 2.05) is 6.07 Å². The van der Waals surface area contributed by atoms with Gasteiger partial charge in [-0.05, 0) is 11.6 Å². The maximum absolute atomic E-state index is 11.9. The molecule has 1 saturated heterocycles. The van der Waals surface area contributed by atoms with Crippen molar-refractivity contribution < 1.29 is 19.1 Å². The first-order chi connectivity index (χ1) is 10.1. The third kappa shape index (κ3) is 3.36. The van der Waals surface area contributed by atoms with E-state index >= 15 is 0 Å². The second-order valence-electron chi connectivity index (χ2n) is 4.35. The predicted octanol–water partition coefficient (Wildman–Crippen LogP) is 0.461. The van der Waals surface area contributed by atoms with Crippen LogP contribution in [-0.2, 0) is 16.0 Å². The van der Waals surface area contributed by atoms with Crippen LogP contribution in [-0.4, -0.2) is 42.5 Å². The first-order valence-electron chi connectivity index (χ1n) is 6.33. The number of carbonyl (C=O) groups is 3. The number of urea groups is 1. The second-order valence-corrected chi connectivity index (χ2v) is 4.35. The second kappa shape index (κ2) is 6.52. The molecule has 1 fully saturated rings. The van der Waals surface area contributed by atoms with Crippen molar-refractivity contribution in [1.82, 2.24) is 10.2 Å². The number of amides is 3. The van der Waals surface area contributed by atoms with Crippen LogP contribution >= 0.6 is 0 Å². The van der Waals surface area contributed by atoms with Gasteiger partial charge in [-0.3, -0.25) is 9.69 Å². The lowest BCUT2D eigenvalue weighted by molar-refractivity contribution is -0.130. The molecule has 1 aliphatic rings. The average molecular weight is 287 g/mol. The number of hydrogen-bond acceptors (Lipinski definition) is 5. The highest BCUT2D eigenvalue weighted by Crippen LogP contribution is 2.11. The highest BCUT2D eigenvalue weighted by atomic mass is 16.5. The fourth-order valence-corrected chi connectivity index (χ4v) is 1.95. The van der Waals surface area contributed by atoms with E-state index in [9.17, 15) is 14.4 Å². The molecular formula is C14H13N3O4. The summed E-state index contributed by atoms with van der Waals surface area (Å²) in [5, 5.41) is 11.2. The van der Waals surface area contributed by atoms with Crippen LogP contribution in [0.4, 0.5) is 4.79 Å². The molecule has 0 saturated carbocycles. The highest BCUT2D eigenvalue weighted by Gasteiger charge is 2.27. The lowest BCUT2D eigenvalue weighted by Crippen LogP contribution is -2.37. The molecule has 0 aliphatic carbocycles. The van der Waals surface area contributed by atoms with Crippen molar-refractivity contribution in [3.8, 4) is 6.07 Å². The van der Waals surface area contributed by atoms with Crippen LogP contribution in [0, 0.1) is 11.3 Å². The average Bonchev–Trinajstić information content (AvgIpc) is 2.91. The zero-order valence-corrected chi connectivity index (χ0v) is 11.2. The van der Waals surface area contributed by atoms with E-state index in [2.05, 4.69) is 5.32 Å². The molecule has 0 atom stereocenters. The molecule has 7 nitrogen and oxygen atoms in total. The minimum Gasteiger partial charge on any atom is -0.452 e. The summed E-state index contributed by atoms with van der Waals surface area (Å²) in [5.74, 6) is -1.26. The Balaban J connectivity index is 1.97. The van der Waals surface area contributed by atoms with Gasteiger partial charge < -0.3 is 10.1 Å². The molecule has 7 heteroatoms. The molecule has 2 rings (SSSR count). The Kier molecular flexibility index (Phi) is 4.51. The van der Waals surface area contributed by atoms with Gasteiger partial charge in [0.25, 0.3) is 5.91 Å². The van der Waals surface area contributed by atoms with Gasteiger partial charge in [-0.2, -0.15) is 5.26 Å². The number of imide groups is 1. The van der Waals surface area contributed by atoms with Gasteiger partial charge in [0.05, 0.1) is 18.1 Å². The van der Waals surface area contributed by atoms with Crippen LogP contribution in [0.15, 0.2) is 24.3 Å². The molecule has 3 amide bonds. The SMILES string of the molecule is N#CCc1ccccc1C(=O)OCC(=O)N1CCNC1=O. The monoisotopic (exact) mass is 287 g/mol. The van der Waals surface area contributed by atoms with E-state index in [0.29, 0.717) is 12.1 Å². The number of nitrogens with zero attached hydrogens (tertiary/aromatic N) is 2. The first-order valence-corrected chi connectivity index (χ1v) is 6.33. The van der Waals surface area contributed by atoms with E-state index in [-0.39, 0.29) is 18.5 Å². The van der Waals surface area contributed by atoms with Gasteiger partial charge in [0, 0.05) is 13.1 Å². The van der Waals surface area contributed by atoms with Crippen molar-refractivity contribution in [1.29, 1.82) is 5.26 Å². The van der Waals surface area contributed by atoms with Gasteiger partial charge in [0.1, 0.15) is 0 Å². The Hall–Kier alpha value is -2.88. The van der Waals surface area contributed by atoms with Gasteiger partial charge in [0.2, 0.25) is 0 Å². The van der Waals surface area contributed by atoms with Crippen LogP contribution in [0.25, 0.3) is 0 Å². The quantitative estimate of drug-likeness (QED) is 0.811. The van der Waals surface area contributed by atoms with Crippen molar-refractivity contribution in [3.63, 3.8) is 0 Å². The lowest BCUT2D eigenvalue weighted by Gasteiger charge is -2.12. The highest BCUT2D eigenvalue weighted by molar-refractivity contribution is 5.98. The Labute approximate surface area is 121 Å². The smallest absolute Gasteiger partial charge is 0.338 e. The largest absolute Gasteiger partial charge is 0.452 e. The summed E-state index contributed by atoms with van der Waals surface area (Å²) >= 11 is 0. The Morgan fingerprint density at radius 2 is 2.14 bits per heavy atom. The summed E-state index contributed by atoms with van der Waals surface area (Å²) < 4.78 is 4.92. The van der Waals surface area contributed by atoms with E-state index in [0.717, 1.165) is 4.90 Å². The third-order valence-corrected chi connectivity index (χ3v) is 2.99. The van der Waals surface area contributed by atoms with Gasteiger partial charge >= 0.3 is 12.0 Å². The summed E-state index contributed by atoms with van der Waals surface area (Å²) in [6, 6.07) is 8.01. The van der Waals surface area contributed by atoms with Crippen molar-refractivity contribution in [2.24, 2.45) is 0 Å². The number of nitriles is 1. The molecule has 0 bridgehead atoms. The molecule has 1 aromatic carbocycles. The van der Waals surface area contributed by atoms with Crippen LogP contribution in [0.3, 0.4) is 0 Å². The van der Waals surface area contributed by atoms with Gasteiger partial charge in [-0.25, -0.2) is 9.59 Å². The number of benzene rings is 1. The van der Waals surface area contributed by atoms with E-state index in [1.54, 1.807) is 18.2 Å². The molecule has 1 aliphatic heterocycles. The fraction of sp³-hybridized carbons (Fsp3) is 0.286. The van der Waals surface area contributed by atoms with Crippen molar-refractivity contribution in [2.75, 3.05) is 19.7 Å². The number of nitrogens with one attached hydrogen (secondary N) is 1. The maximum atomic E-state index is 11.9. The molecular weight excluding hydrogens is 274 g/mol. The standard InChI is InChI=1S/C14H13N3O4/c15-6-5-10-3-1-2-4-11(10)13(19)21-9-12(18)17-8-7-16-14(17)20/h1-4H,5,7-9H2,(H,16,20). The van der Waals surface area contributed by atoms with Crippen molar-refractivity contribution >= 4 is 17.9 Å². The van der Waals surface area contributed by atoms with Crippen LogP contribution in [0.5, 0.6) is 0 Å². The Morgan fingerprint density at radius 3 is 2.81 bits per heavy atom. The van der Waals surface area contributed by atoms with E-state index in [1.165, 1.54) is 6.07 Å². The minimum absolute atomic E-state index is 0.0771. The molecule has 0 aromatic heterocycles. The van der Waals surface area contributed by atoms with Crippen LogP contribution in [0.2, 0.25) is 0 Å². The molecule has 0 radical (unpaired) electrons. The molecule has 1 heterocycles. The number of esters is 1. The lowest BCUT2D eigenvalue weighted by atomic mass is 10.1. The van der Waals surface area contributed by atoms with Gasteiger partial charge in [0.15, 0.2) is 6.61 Å². The van der Waals surface area contributed by atoms with Crippen LogP contribution in [0.1, 0.15) is 15.9 Å². The number of rotatable bonds is 4. The zero-order chi connectivity index (χ0) is 15.2. The Morgan fingerprint density at radius 1 is 1.38 bits per heavy atom. The molecule has 1 N–H and O–H groups in total. The normalized spacial score (nSPS) is 13.5. The topological polar surface area (TPSA) is 99.5 Å². The summed E-state index contributed by atoms with van der Waals surface area (Å²) in [4.78, 5) is 36.0. The number of ether oxygens (including phenoxy) is 1. The summed E-state index contributed by atoms with van der Waals surface area (Å²) in [7, 11) is 0. The number of carbonyl (C=O) groups excluding carboxylic acids is 3. The molecule has 108 valence electrons. The van der Waals surface area contributed by atoms with Crippen molar-refractivity contribution in [3.05, 3.63) is 35.4 Å². The molecule has 1 aromatic rings. The number of hydrogen-bond donors (Lipinski definition) is 1. The molecule has 0 spiro atoms. The fourth-order valence-electron chi connectivity index (χ4n) is 1.95. The predicted molar refractivity (Wildman–Crippen MR) is 71.2 cm³/mol. The third-order valence-electron chi connectivity index (χ3n) is 2.99. The zero-order valence-electron chi connectivity index (χ0n) is 11.2. The molecule has 0 unspecified atom stereocenters. The van der Waals surface area contributed by atoms with E-state index < -0.39 is 24.5 Å². The summed E-state index contributed by atoms with van der Waals surface area (Å²) in [6.45, 7) is 0.150. The molecule has 21 heavy (non-hydrogen) atoms. The maximum Gasteiger partial charge on any atom is 0.338 e. The van der Waals surface area contributed by atoms with Crippen molar-refractivity contribution in [2.45, 2.75) is 6.42 Å². The van der Waals surface area contributed by atoms with E-state index in [4.69, 9.17) is 10.00 Å². The van der Waals surface area contributed by atoms with Gasteiger partial charge in [-0.15, -0.1) is 0 Å². The first kappa shape index (κ1) is 14.5. The summed E-state index contributed by atoms with van der Waals surface area (Å²) in [5.41, 5.74) is 0.786. The minimum atomic E-state index is -0.686. The van der Waals surface area contributed by atoms with Gasteiger partial charge in [-0.1, -0.05) is 18.2 Å². The summed E-state index contributed by atoms with van der Waals surface area (Å²) in [6.07, 6.45) is 0.0771.